The topological polar surface area (TPSA) is 50.4 Å². The number of fused-ring (bicyclic) bond motifs is 1. The summed E-state index contributed by atoms with van der Waals surface area (Å²) in [5.41, 5.74) is -0.398. The van der Waals surface area contributed by atoms with E-state index in [9.17, 15) is 9.90 Å². The first-order valence-electron chi connectivity index (χ1n) is 5.91. The molecule has 3 aromatic rings. The standard InChI is InChI=1S/C15H7Cl2IO3/c16-8-6-10-13(19)12(18-9-4-2-1-3-5-9)15(20)21-14(10)11(17)7-8/h1-7H/p+1. The van der Waals surface area contributed by atoms with Gasteiger partial charge in [0.05, 0.1) is 10.4 Å². The second-order valence-electron chi connectivity index (χ2n) is 4.21. The molecule has 0 unspecified atom stereocenters. The molecule has 0 bridgehead atoms. The normalized spacial score (nSPS) is 11.0. The third-order valence-corrected chi connectivity index (χ3v) is 6.11. The highest BCUT2D eigenvalue weighted by molar-refractivity contribution is 6.38. The minimum absolute atomic E-state index is 0.0951. The van der Waals surface area contributed by atoms with Crippen LogP contribution in [0.25, 0.3) is 11.0 Å². The van der Waals surface area contributed by atoms with E-state index in [1.165, 1.54) is 6.07 Å². The van der Waals surface area contributed by atoms with Crippen LogP contribution in [0.2, 0.25) is 10.0 Å². The Bertz CT molecular complexity index is 875. The first kappa shape index (κ1) is 14.7. The number of hydrogen-bond donors (Lipinski definition) is 1. The van der Waals surface area contributed by atoms with E-state index < -0.39 is 26.8 Å². The largest absolute Gasteiger partial charge is 0.503 e. The summed E-state index contributed by atoms with van der Waals surface area (Å²) in [5.74, 6) is -0.0951. The van der Waals surface area contributed by atoms with Crippen LogP contribution in [-0.2, 0) is 0 Å². The molecule has 0 radical (unpaired) electrons. The summed E-state index contributed by atoms with van der Waals surface area (Å²) in [4.78, 5) is 12.1. The molecule has 1 aromatic heterocycles. The van der Waals surface area contributed by atoms with E-state index in [0.717, 1.165) is 3.57 Å². The van der Waals surface area contributed by atoms with E-state index in [2.05, 4.69) is 0 Å². The Kier molecular flexibility index (Phi) is 4.10. The zero-order chi connectivity index (χ0) is 15.0. The molecule has 106 valence electrons. The molecule has 1 heterocycles. The maximum atomic E-state index is 12.1. The van der Waals surface area contributed by atoms with E-state index in [4.69, 9.17) is 27.6 Å². The highest BCUT2D eigenvalue weighted by Crippen LogP contribution is 2.31. The highest BCUT2D eigenvalue weighted by atomic mass is 127. The fourth-order valence-corrected chi connectivity index (χ4v) is 4.67. The number of benzene rings is 2. The second kappa shape index (κ2) is 5.87. The van der Waals surface area contributed by atoms with Gasteiger partial charge in [-0.25, -0.2) is 4.79 Å². The molecule has 6 heteroatoms. The zero-order valence-electron chi connectivity index (χ0n) is 10.4. The lowest BCUT2D eigenvalue weighted by atomic mass is 10.2. The fraction of sp³-hybridized carbons (Fsp3) is 0. The van der Waals surface area contributed by atoms with E-state index in [1.54, 1.807) is 6.07 Å². The summed E-state index contributed by atoms with van der Waals surface area (Å²) in [6.45, 7) is 0. The van der Waals surface area contributed by atoms with Crippen LogP contribution >= 0.6 is 23.2 Å². The second-order valence-corrected chi connectivity index (χ2v) is 7.91. The van der Waals surface area contributed by atoms with Gasteiger partial charge in [-0.1, -0.05) is 41.4 Å². The molecule has 1 N–H and O–H groups in total. The van der Waals surface area contributed by atoms with Gasteiger partial charge in [0.25, 0.3) is 0 Å². The van der Waals surface area contributed by atoms with Gasteiger partial charge in [0.15, 0.2) is 14.9 Å². The smallest absolute Gasteiger partial charge is 0.395 e. The van der Waals surface area contributed by atoms with Crippen LogP contribution < -0.4 is 26.8 Å². The zero-order valence-corrected chi connectivity index (χ0v) is 14.1. The molecular weight excluding hydrogens is 426 g/mol. The van der Waals surface area contributed by atoms with Crippen LogP contribution in [-0.4, -0.2) is 5.11 Å². The molecule has 0 amide bonds. The van der Waals surface area contributed by atoms with Gasteiger partial charge in [-0.3, -0.25) is 0 Å². The van der Waals surface area contributed by atoms with Crippen LogP contribution in [0.1, 0.15) is 0 Å². The molecule has 0 saturated heterocycles. The molecule has 0 spiro atoms. The van der Waals surface area contributed by atoms with E-state index in [0.29, 0.717) is 14.0 Å². The highest BCUT2D eigenvalue weighted by Gasteiger charge is 2.29. The first-order chi connectivity index (χ1) is 10.1. The Morgan fingerprint density at radius 2 is 1.81 bits per heavy atom. The third kappa shape index (κ3) is 2.88. The van der Waals surface area contributed by atoms with Crippen molar-refractivity contribution in [3.05, 3.63) is 70.1 Å². The summed E-state index contributed by atoms with van der Waals surface area (Å²) >= 11 is 11.1. The molecule has 0 saturated carbocycles. The molecule has 0 fully saturated rings. The molecule has 0 aliphatic rings. The minimum atomic E-state index is -0.852. The van der Waals surface area contributed by atoms with Gasteiger partial charge < -0.3 is 9.52 Å². The van der Waals surface area contributed by atoms with Crippen LogP contribution in [0.15, 0.2) is 51.7 Å². The van der Waals surface area contributed by atoms with Crippen molar-refractivity contribution >= 4 is 34.2 Å². The van der Waals surface area contributed by atoms with Crippen molar-refractivity contribution in [2.24, 2.45) is 0 Å². The van der Waals surface area contributed by atoms with Gasteiger partial charge in [-0.15, -0.1) is 0 Å². The Hall–Kier alpha value is -1.24. The average Bonchev–Trinajstić information content (AvgIpc) is 2.46. The lowest BCUT2D eigenvalue weighted by Crippen LogP contribution is -3.62. The third-order valence-electron chi connectivity index (χ3n) is 2.78. The summed E-state index contributed by atoms with van der Waals surface area (Å²) < 4.78 is 6.56. The van der Waals surface area contributed by atoms with E-state index in [-0.39, 0.29) is 16.4 Å². The van der Waals surface area contributed by atoms with Crippen molar-refractivity contribution in [3.8, 4) is 5.75 Å². The summed E-state index contributed by atoms with van der Waals surface area (Å²) in [6.07, 6.45) is 0. The van der Waals surface area contributed by atoms with Crippen LogP contribution in [0.4, 0.5) is 0 Å². The van der Waals surface area contributed by atoms with Crippen molar-refractivity contribution in [1.82, 2.24) is 0 Å². The number of aromatic hydroxyl groups is 1. The quantitative estimate of drug-likeness (QED) is 0.483. The van der Waals surface area contributed by atoms with E-state index in [1.807, 2.05) is 30.3 Å². The Labute approximate surface area is 140 Å². The lowest BCUT2D eigenvalue weighted by molar-refractivity contribution is -0.600. The first-order valence-corrected chi connectivity index (χ1v) is 8.82. The molecular formula is C15H8Cl2IO3+. The molecule has 21 heavy (non-hydrogen) atoms. The van der Waals surface area contributed by atoms with Gasteiger partial charge in [0.2, 0.25) is 0 Å². The fourth-order valence-electron chi connectivity index (χ4n) is 1.86. The summed E-state index contributed by atoms with van der Waals surface area (Å²) in [6, 6.07) is 12.5. The SMILES string of the molecule is O=c1oc2c(Cl)cc(Cl)cc2c(O)c1[I+]c1ccccc1. The molecule has 2 aromatic carbocycles. The van der Waals surface area contributed by atoms with Gasteiger partial charge in [-0.05, 0) is 24.3 Å². The lowest BCUT2D eigenvalue weighted by Gasteiger charge is -2.02. The molecule has 3 nitrogen and oxygen atoms in total. The molecule has 0 aliphatic heterocycles. The maximum absolute atomic E-state index is 12.1. The monoisotopic (exact) mass is 433 g/mol. The number of rotatable bonds is 2. The van der Waals surface area contributed by atoms with Crippen molar-refractivity contribution in [2.45, 2.75) is 0 Å². The van der Waals surface area contributed by atoms with Gasteiger partial charge in [0.1, 0.15) is 0 Å². The Balaban J connectivity index is 2.22. The predicted molar refractivity (Wildman–Crippen MR) is 78.0 cm³/mol. The average molecular weight is 434 g/mol. The summed E-state index contributed by atoms with van der Waals surface area (Å²) in [7, 11) is 0. The van der Waals surface area contributed by atoms with Gasteiger partial charge in [0, 0.05) is 5.02 Å². The van der Waals surface area contributed by atoms with Crippen molar-refractivity contribution < 1.29 is 30.7 Å². The maximum Gasteiger partial charge on any atom is 0.395 e. The Morgan fingerprint density at radius 3 is 2.52 bits per heavy atom. The van der Waals surface area contributed by atoms with Crippen LogP contribution in [0.5, 0.6) is 5.75 Å². The summed E-state index contributed by atoms with van der Waals surface area (Å²) in [5, 5.41) is 11.3. The van der Waals surface area contributed by atoms with Crippen molar-refractivity contribution in [3.63, 3.8) is 0 Å². The number of halogens is 3. The predicted octanol–water partition coefficient (Wildman–Crippen LogP) is 0.934. The molecule has 3 rings (SSSR count). The van der Waals surface area contributed by atoms with E-state index >= 15 is 0 Å². The van der Waals surface area contributed by atoms with Crippen molar-refractivity contribution in [2.75, 3.05) is 0 Å². The van der Waals surface area contributed by atoms with Crippen LogP contribution in [0.3, 0.4) is 0 Å². The molecule has 0 atom stereocenters. The van der Waals surface area contributed by atoms with Gasteiger partial charge in [-0.2, -0.15) is 0 Å². The molecule has 0 aliphatic carbocycles. The number of hydrogen-bond acceptors (Lipinski definition) is 3. The van der Waals surface area contributed by atoms with Gasteiger partial charge >= 0.3 is 30.4 Å². The Morgan fingerprint density at radius 1 is 1.10 bits per heavy atom. The van der Waals surface area contributed by atoms with Crippen LogP contribution in [0, 0.1) is 7.14 Å². The van der Waals surface area contributed by atoms with Crippen molar-refractivity contribution in [1.29, 1.82) is 0 Å². The minimum Gasteiger partial charge on any atom is -0.503 e.